The van der Waals surface area contributed by atoms with E-state index in [0.29, 0.717) is 31.0 Å². The Kier molecular flexibility index (Phi) is 5.09. The molecule has 1 aromatic rings. The minimum Gasteiger partial charge on any atom is -0.494 e. The smallest absolute Gasteiger partial charge is 0.257 e. The fraction of sp³-hybridized carbons (Fsp3) is 0.632. The molecule has 1 saturated carbocycles. The van der Waals surface area contributed by atoms with Crippen LogP contribution in [0.15, 0.2) is 12.1 Å². The van der Waals surface area contributed by atoms with Crippen molar-refractivity contribution in [2.75, 3.05) is 20.8 Å². The SMILES string of the molecule is COc1ccc2c(c1F)C(=O)N(C[C@H]1CC[C@H]([C@@H](C)OC)CC1)C2. The molecule has 1 aromatic carbocycles. The molecule has 0 bridgehead atoms. The zero-order chi connectivity index (χ0) is 17.3. The summed E-state index contributed by atoms with van der Waals surface area (Å²) in [6.45, 7) is 3.34. The van der Waals surface area contributed by atoms with Crippen molar-refractivity contribution in [2.24, 2.45) is 11.8 Å². The normalized spacial score (nSPS) is 24.8. The molecule has 0 N–H and O–H groups in total. The molecule has 1 amide bonds. The number of hydrogen-bond donors (Lipinski definition) is 0. The van der Waals surface area contributed by atoms with Crippen molar-refractivity contribution in [3.63, 3.8) is 0 Å². The molecule has 1 aliphatic heterocycles. The summed E-state index contributed by atoms with van der Waals surface area (Å²) in [6.07, 6.45) is 4.77. The summed E-state index contributed by atoms with van der Waals surface area (Å²) < 4.78 is 24.8. The van der Waals surface area contributed by atoms with Crippen LogP contribution in [-0.2, 0) is 11.3 Å². The lowest BCUT2D eigenvalue weighted by Gasteiger charge is -2.33. The average Bonchev–Trinajstić information content (AvgIpc) is 2.92. The van der Waals surface area contributed by atoms with Gasteiger partial charge in [-0.2, -0.15) is 0 Å². The Bertz CT molecular complexity index is 611. The third kappa shape index (κ3) is 3.14. The van der Waals surface area contributed by atoms with Gasteiger partial charge in [0.15, 0.2) is 11.6 Å². The number of benzene rings is 1. The van der Waals surface area contributed by atoms with Crippen LogP contribution in [0.3, 0.4) is 0 Å². The van der Waals surface area contributed by atoms with Crippen molar-refractivity contribution in [3.05, 3.63) is 29.1 Å². The number of amides is 1. The minimum atomic E-state index is -0.528. The quantitative estimate of drug-likeness (QED) is 0.825. The molecular weight excluding hydrogens is 309 g/mol. The van der Waals surface area contributed by atoms with Gasteiger partial charge in [0.05, 0.1) is 18.8 Å². The highest BCUT2D eigenvalue weighted by molar-refractivity contribution is 5.99. The standard InChI is InChI=1S/C19H26FNO3/c1-12(23-2)14-6-4-13(5-7-14)10-21-11-15-8-9-16(24-3)18(20)17(15)19(21)22/h8-9,12-14H,4-7,10-11H2,1-3H3/t12-,13-,14-/m1/s1. The van der Waals surface area contributed by atoms with Gasteiger partial charge in [0.25, 0.3) is 5.91 Å². The van der Waals surface area contributed by atoms with Gasteiger partial charge in [-0.15, -0.1) is 0 Å². The lowest BCUT2D eigenvalue weighted by Crippen LogP contribution is -2.33. The van der Waals surface area contributed by atoms with Crippen LogP contribution in [0.1, 0.15) is 48.5 Å². The number of halogens is 1. The fourth-order valence-electron chi connectivity index (χ4n) is 4.04. The Morgan fingerprint density at radius 2 is 1.96 bits per heavy atom. The number of rotatable bonds is 5. The first-order chi connectivity index (χ1) is 11.5. The van der Waals surface area contributed by atoms with Crippen LogP contribution in [0, 0.1) is 17.7 Å². The van der Waals surface area contributed by atoms with E-state index in [1.807, 2.05) is 0 Å². The summed E-state index contributed by atoms with van der Waals surface area (Å²) in [7, 11) is 3.18. The molecule has 1 fully saturated rings. The summed E-state index contributed by atoms with van der Waals surface area (Å²) >= 11 is 0. The van der Waals surface area contributed by atoms with Crippen LogP contribution in [0.5, 0.6) is 5.75 Å². The summed E-state index contributed by atoms with van der Waals surface area (Å²) in [6, 6.07) is 3.40. The molecule has 0 radical (unpaired) electrons. The first-order valence-electron chi connectivity index (χ1n) is 8.72. The van der Waals surface area contributed by atoms with Gasteiger partial charge < -0.3 is 14.4 Å². The third-order valence-electron chi connectivity index (χ3n) is 5.68. The van der Waals surface area contributed by atoms with Crippen LogP contribution < -0.4 is 4.74 Å². The summed E-state index contributed by atoms with van der Waals surface area (Å²) in [5, 5.41) is 0. The van der Waals surface area contributed by atoms with Gasteiger partial charge in [-0.25, -0.2) is 4.39 Å². The molecule has 1 atom stereocenters. The molecule has 4 nitrogen and oxygen atoms in total. The molecule has 0 unspecified atom stereocenters. The predicted molar refractivity (Wildman–Crippen MR) is 89.6 cm³/mol. The Morgan fingerprint density at radius 1 is 1.25 bits per heavy atom. The van der Waals surface area contributed by atoms with E-state index >= 15 is 0 Å². The second kappa shape index (κ2) is 7.09. The van der Waals surface area contributed by atoms with E-state index in [9.17, 15) is 9.18 Å². The van der Waals surface area contributed by atoms with Gasteiger partial charge in [-0.1, -0.05) is 6.07 Å². The fourth-order valence-corrected chi connectivity index (χ4v) is 4.04. The lowest BCUT2D eigenvalue weighted by atomic mass is 9.79. The highest BCUT2D eigenvalue weighted by atomic mass is 19.1. The van der Waals surface area contributed by atoms with Gasteiger partial charge in [-0.3, -0.25) is 4.79 Å². The van der Waals surface area contributed by atoms with Gasteiger partial charge in [0.2, 0.25) is 0 Å². The number of carbonyl (C=O) groups is 1. The number of methoxy groups -OCH3 is 2. The highest BCUT2D eigenvalue weighted by Gasteiger charge is 2.34. The Morgan fingerprint density at radius 3 is 2.58 bits per heavy atom. The van der Waals surface area contributed by atoms with Crippen LogP contribution in [-0.4, -0.2) is 37.7 Å². The molecule has 5 heteroatoms. The second-order valence-electron chi connectivity index (χ2n) is 7.02. The molecular formula is C19H26FNO3. The molecule has 1 aliphatic carbocycles. The monoisotopic (exact) mass is 335 g/mol. The molecule has 0 spiro atoms. The zero-order valence-electron chi connectivity index (χ0n) is 14.7. The second-order valence-corrected chi connectivity index (χ2v) is 7.02. The molecule has 3 rings (SSSR count). The number of carbonyl (C=O) groups excluding carboxylic acids is 1. The van der Waals surface area contributed by atoms with E-state index in [0.717, 1.165) is 31.2 Å². The number of fused-ring (bicyclic) bond motifs is 1. The molecule has 2 aliphatic rings. The van der Waals surface area contributed by atoms with Gasteiger partial charge in [0.1, 0.15) is 0 Å². The number of hydrogen-bond acceptors (Lipinski definition) is 3. The largest absolute Gasteiger partial charge is 0.494 e. The highest BCUT2D eigenvalue weighted by Crippen LogP contribution is 2.35. The van der Waals surface area contributed by atoms with Gasteiger partial charge in [-0.05, 0) is 56.1 Å². The molecule has 1 heterocycles. The van der Waals surface area contributed by atoms with Crippen molar-refractivity contribution in [2.45, 2.75) is 45.3 Å². The summed E-state index contributed by atoms with van der Waals surface area (Å²) in [5.41, 5.74) is 0.955. The summed E-state index contributed by atoms with van der Waals surface area (Å²) in [4.78, 5) is 14.4. The molecule has 24 heavy (non-hydrogen) atoms. The lowest BCUT2D eigenvalue weighted by molar-refractivity contribution is 0.0381. The maximum absolute atomic E-state index is 14.4. The van der Waals surface area contributed by atoms with Crippen LogP contribution in [0.25, 0.3) is 0 Å². The average molecular weight is 335 g/mol. The van der Waals surface area contributed by atoms with Crippen molar-refractivity contribution in [1.82, 2.24) is 4.90 Å². The molecule has 132 valence electrons. The Hall–Kier alpha value is -1.62. The van der Waals surface area contributed by atoms with E-state index in [4.69, 9.17) is 9.47 Å². The Balaban J connectivity index is 1.62. The van der Waals surface area contributed by atoms with Crippen molar-refractivity contribution in [3.8, 4) is 5.75 Å². The predicted octanol–water partition coefficient (Wildman–Crippen LogP) is 3.63. The van der Waals surface area contributed by atoms with E-state index in [1.54, 1.807) is 24.1 Å². The Labute approximate surface area is 142 Å². The van der Waals surface area contributed by atoms with Crippen LogP contribution >= 0.6 is 0 Å². The van der Waals surface area contributed by atoms with E-state index in [1.165, 1.54) is 7.11 Å². The minimum absolute atomic E-state index is 0.137. The van der Waals surface area contributed by atoms with E-state index in [2.05, 4.69) is 6.92 Å². The summed E-state index contributed by atoms with van der Waals surface area (Å²) in [5.74, 6) is 0.514. The number of nitrogens with zero attached hydrogens (tertiary/aromatic N) is 1. The molecule has 0 aromatic heterocycles. The zero-order valence-corrected chi connectivity index (χ0v) is 14.7. The van der Waals surface area contributed by atoms with Crippen LogP contribution in [0.4, 0.5) is 4.39 Å². The number of ether oxygens (including phenoxy) is 2. The first-order valence-corrected chi connectivity index (χ1v) is 8.72. The van der Waals surface area contributed by atoms with Gasteiger partial charge in [0, 0.05) is 20.2 Å². The maximum Gasteiger partial charge on any atom is 0.257 e. The molecule has 0 saturated heterocycles. The third-order valence-corrected chi connectivity index (χ3v) is 5.68. The van der Waals surface area contributed by atoms with Crippen LogP contribution in [0.2, 0.25) is 0 Å². The van der Waals surface area contributed by atoms with E-state index in [-0.39, 0.29) is 17.2 Å². The van der Waals surface area contributed by atoms with Crippen molar-refractivity contribution < 1.29 is 18.7 Å². The van der Waals surface area contributed by atoms with E-state index < -0.39 is 5.82 Å². The van der Waals surface area contributed by atoms with Crippen molar-refractivity contribution >= 4 is 5.91 Å². The van der Waals surface area contributed by atoms with Gasteiger partial charge >= 0.3 is 0 Å². The first kappa shape index (κ1) is 17.2. The van der Waals surface area contributed by atoms with Crippen molar-refractivity contribution in [1.29, 1.82) is 0 Å². The topological polar surface area (TPSA) is 38.8 Å². The maximum atomic E-state index is 14.4.